The van der Waals surface area contributed by atoms with Gasteiger partial charge in [0.15, 0.2) is 0 Å². The predicted molar refractivity (Wildman–Crippen MR) is 94.9 cm³/mol. The third-order valence-corrected chi connectivity index (χ3v) is 5.81. The van der Waals surface area contributed by atoms with Crippen molar-refractivity contribution in [3.05, 3.63) is 23.4 Å². The Morgan fingerprint density at radius 1 is 1.25 bits per heavy atom. The Morgan fingerprint density at radius 3 is 2.88 bits per heavy atom. The Balaban J connectivity index is 1.24. The molecule has 1 atom stereocenters. The van der Waals surface area contributed by atoms with E-state index in [1.807, 2.05) is 17.5 Å². The van der Waals surface area contributed by atoms with Crippen molar-refractivity contribution in [3.63, 3.8) is 0 Å². The summed E-state index contributed by atoms with van der Waals surface area (Å²) >= 11 is 1.64. The van der Waals surface area contributed by atoms with E-state index in [2.05, 4.69) is 25.3 Å². The van der Waals surface area contributed by atoms with Crippen molar-refractivity contribution in [1.29, 1.82) is 0 Å². The molecule has 0 saturated carbocycles. The minimum absolute atomic E-state index is 0.712. The molecule has 130 valence electrons. The average molecular weight is 347 g/mol. The van der Waals surface area contributed by atoms with Crippen molar-refractivity contribution in [2.45, 2.75) is 19.4 Å². The molecular formula is C17H25N5OS. The van der Waals surface area contributed by atoms with E-state index >= 15 is 0 Å². The molecule has 0 amide bonds. The van der Waals surface area contributed by atoms with Gasteiger partial charge in [0.05, 0.1) is 11.4 Å². The first-order valence-corrected chi connectivity index (χ1v) is 9.77. The largest absolute Gasteiger partial charge is 0.338 e. The average Bonchev–Trinajstić information content (AvgIpc) is 3.29. The van der Waals surface area contributed by atoms with Crippen LogP contribution in [0.3, 0.4) is 0 Å². The second kappa shape index (κ2) is 7.74. The Kier molecular flexibility index (Phi) is 5.22. The highest BCUT2D eigenvalue weighted by molar-refractivity contribution is 7.13. The van der Waals surface area contributed by atoms with Crippen molar-refractivity contribution in [2.24, 2.45) is 5.92 Å². The van der Waals surface area contributed by atoms with Crippen LogP contribution in [-0.4, -0.2) is 65.8 Å². The van der Waals surface area contributed by atoms with Gasteiger partial charge < -0.3 is 14.7 Å². The third-order valence-electron chi connectivity index (χ3n) is 4.95. The van der Waals surface area contributed by atoms with E-state index < -0.39 is 0 Å². The lowest BCUT2D eigenvalue weighted by atomic mass is 9.99. The lowest BCUT2D eigenvalue weighted by Crippen LogP contribution is -2.48. The SMILES string of the molecule is c1csc(-c2noc(CN3CCN(CC4CCCNC4)CC3)n2)c1. The van der Waals surface area contributed by atoms with E-state index in [-0.39, 0.29) is 0 Å². The van der Waals surface area contributed by atoms with E-state index in [9.17, 15) is 0 Å². The molecule has 2 aliphatic rings. The summed E-state index contributed by atoms with van der Waals surface area (Å²) in [4.78, 5) is 10.6. The van der Waals surface area contributed by atoms with Crippen molar-refractivity contribution in [3.8, 4) is 10.7 Å². The normalized spacial score (nSPS) is 23.6. The van der Waals surface area contributed by atoms with Gasteiger partial charge in [0.25, 0.3) is 0 Å². The molecule has 0 radical (unpaired) electrons. The number of nitrogens with zero attached hydrogens (tertiary/aromatic N) is 4. The van der Waals surface area contributed by atoms with Crippen LogP contribution in [0.4, 0.5) is 0 Å². The number of rotatable bonds is 5. The van der Waals surface area contributed by atoms with Crippen molar-refractivity contribution in [1.82, 2.24) is 25.3 Å². The molecule has 7 heteroatoms. The Morgan fingerprint density at radius 2 is 2.12 bits per heavy atom. The lowest BCUT2D eigenvalue weighted by Gasteiger charge is -2.36. The van der Waals surface area contributed by atoms with E-state index in [1.165, 1.54) is 32.5 Å². The molecular weight excluding hydrogens is 322 g/mol. The van der Waals surface area contributed by atoms with Gasteiger partial charge in [0.1, 0.15) is 0 Å². The van der Waals surface area contributed by atoms with E-state index in [1.54, 1.807) is 11.3 Å². The molecule has 6 nitrogen and oxygen atoms in total. The Hall–Kier alpha value is -1.28. The van der Waals surface area contributed by atoms with Gasteiger partial charge in [-0.05, 0) is 43.3 Å². The zero-order chi connectivity index (χ0) is 16.2. The van der Waals surface area contributed by atoms with Gasteiger partial charge in [-0.3, -0.25) is 4.90 Å². The summed E-state index contributed by atoms with van der Waals surface area (Å²) in [5.74, 6) is 2.27. The number of thiophene rings is 1. The summed E-state index contributed by atoms with van der Waals surface area (Å²) in [5.41, 5.74) is 0. The van der Waals surface area contributed by atoms with Crippen LogP contribution >= 0.6 is 11.3 Å². The quantitative estimate of drug-likeness (QED) is 0.892. The van der Waals surface area contributed by atoms with Crippen LogP contribution in [-0.2, 0) is 6.54 Å². The maximum atomic E-state index is 5.42. The van der Waals surface area contributed by atoms with E-state index in [0.717, 1.165) is 49.4 Å². The molecule has 0 bridgehead atoms. The van der Waals surface area contributed by atoms with Gasteiger partial charge in [-0.25, -0.2) is 0 Å². The fourth-order valence-corrected chi connectivity index (χ4v) is 4.24. The van der Waals surface area contributed by atoms with Gasteiger partial charge in [0.2, 0.25) is 11.7 Å². The topological polar surface area (TPSA) is 57.4 Å². The summed E-state index contributed by atoms with van der Waals surface area (Å²) in [6.07, 6.45) is 2.70. The number of hydrogen-bond acceptors (Lipinski definition) is 7. The zero-order valence-corrected chi connectivity index (χ0v) is 14.8. The number of aromatic nitrogens is 2. The molecule has 4 heterocycles. The fraction of sp³-hybridized carbons (Fsp3) is 0.647. The number of piperidine rings is 1. The molecule has 2 aromatic rings. The third kappa shape index (κ3) is 4.03. The number of hydrogen-bond donors (Lipinski definition) is 1. The number of nitrogens with one attached hydrogen (secondary N) is 1. The zero-order valence-electron chi connectivity index (χ0n) is 14.0. The molecule has 1 N–H and O–H groups in total. The molecule has 2 aliphatic heterocycles. The van der Waals surface area contributed by atoms with Crippen LogP contribution in [0, 0.1) is 5.92 Å². The van der Waals surface area contributed by atoms with Crippen molar-refractivity contribution in [2.75, 3.05) is 45.8 Å². The number of piperazine rings is 1. The Labute approximate surface area is 146 Å². The van der Waals surface area contributed by atoms with Gasteiger partial charge in [0, 0.05) is 32.7 Å². The first-order chi connectivity index (χ1) is 11.9. The second-order valence-corrected chi connectivity index (χ2v) is 7.73. The maximum Gasteiger partial charge on any atom is 0.241 e. The molecule has 0 aliphatic carbocycles. The highest BCUT2D eigenvalue weighted by Crippen LogP contribution is 2.22. The molecule has 2 fully saturated rings. The van der Waals surface area contributed by atoms with Gasteiger partial charge in [-0.1, -0.05) is 11.2 Å². The van der Waals surface area contributed by atoms with Crippen molar-refractivity contribution < 1.29 is 4.52 Å². The first kappa shape index (κ1) is 16.2. The van der Waals surface area contributed by atoms with Gasteiger partial charge in [-0.15, -0.1) is 11.3 Å². The molecule has 2 aromatic heterocycles. The predicted octanol–water partition coefficient (Wildman–Crippen LogP) is 1.92. The van der Waals surface area contributed by atoms with Crippen LogP contribution in [0.2, 0.25) is 0 Å². The van der Waals surface area contributed by atoms with Crippen molar-refractivity contribution >= 4 is 11.3 Å². The van der Waals surface area contributed by atoms with Crippen LogP contribution in [0.15, 0.2) is 22.0 Å². The van der Waals surface area contributed by atoms with Crippen LogP contribution in [0.5, 0.6) is 0 Å². The summed E-state index contributed by atoms with van der Waals surface area (Å²) in [6, 6.07) is 4.04. The molecule has 24 heavy (non-hydrogen) atoms. The van der Waals surface area contributed by atoms with Crippen LogP contribution < -0.4 is 5.32 Å². The highest BCUT2D eigenvalue weighted by atomic mass is 32.1. The second-order valence-electron chi connectivity index (χ2n) is 6.78. The lowest BCUT2D eigenvalue weighted by molar-refractivity contribution is 0.0999. The van der Waals surface area contributed by atoms with E-state index in [4.69, 9.17) is 4.52 Å². The summed E-state index contributed by atoms with van der Waals surface area (Å²) in [6.45, 7) is 8.83. The van der Waals surface area contributed by atoms with E-state index in [0.29, 0.717) is 5.82 Å². The standard InChI is InChI=1S/C17H25N5OS/c1-3-14(11-18-5-1)12-21-6-8-22(9-7-21)13-16-19-17(20-23-16)15-4-2-10-24-15/h2,4,10,14,18H,1,3,5-9,11-13H2. The molecule has 0 spiro atoms. The summed E-state index contributed by atoms with van der Waals surface area (Å²) < 4.78 is 5.42. The fourth-order valence-electron chi connectivity index (χ4n) is 3.59. The molecule has 0 aromatic carbocycles. The highest BCUT2D eigenvalue weighted by Gasteiger charge is 2.22. The maximum absolute atomic E-state index is 5.42. The first-order valence-electron chi connectivity index (χ1n) is 8.89. The molecule has 4 rings (SSSR count). The minimum Gasteiger partial charge on any atom is -0.338 e. The van der Waals surface area contributed by atoms with Crippen LogP contribution in [0.25, 0.3) is 10.7 Å². The van der Waals surface area contributed by atoms with Crippen LogP contribution in [0.1, 0.15) is 18.7 Å². The molecule has 2 saturated heterocycles. The van der Waals surface area contributed by atoms with Gasteiger partial charge in [-0.2, -0.15) is 4.98 Å². The minimum atomic E-state index is 0.712. The smallest absolute Gasteiger partial charge is 0.241 e. The summed E-state index contributed by atoms with van der Waals surface area (Å²) in [5, 5.41) is 9.65. The monoisotopic (exact) mass is 347 g/mol. The molecule has 1 unspecified atom stereocenters. The summed E-state index contributed by atoms with van der Waals surface area (Å²) in [7, 11) is 0. The van der Waals surface area contributed by atoms with Gasteiger partial charge >= 0.3 is 0 Å². The Bertz CT molecular complexity index is 615.